The van der Waals surface area contributed by atoms with Gasteiger partial charge in [0.15, 0.2) is 0 Å². The lowest BCUT2D eigenvalue weighted by Gasteiger charge is -2.22. The van der Waals surface area contributed by atoms with Crippen LogP contribution in [0.2, 0.25) is 0 Å². The van der Waals surface area contributed by atoms with E-state index in [-0.39, 0.29) is 18.6 Å². The van der Waals surface area contributed by atoms with Crippen LogP contribution in [-0.2, 0) is 32.0 Å². The van der Waals surface area contributed by atoms with Crippen LogP contribution in [0.4, 0.5) is 0 Å². The number of phenols is 1. The fourth-order valence-electron chi connectivity index (χ4n) is 3.64. The molecule has 0 aliphatic carbocycles. The first-order valence-corrected chi connectivity index (χ1v) is 11.3. The van der Waals surface area contributed by atoms with E-state index >= 15 is 0 Å². The van der Waals surface area contributed by atoms with Gasteiger partial charge in [0.25, 0.3) is 0 Å². The number of aromatic nitrogens is 1. The molecule has 3 aromatic rings. The number of aromatic amines is 1. The summed E-state index contributed by atoms with van der Waals surface area (Å²) < 4.78 is 0. The number of hydrogen-bond acceptors (Lipinski definition) is 6. The molecule has 0 saturated heterocycles. The molecule has 0 spiro atoms. The number of aliphatic carboxylic acids is 1. The van der Waals surface area contributed by atoms with E-state index in [1.165, 1.54) is 19.1 Å². The van der Waals surface area contributed by atoms with Crippen LogP contribution in [0.5, 0.6) is 5.75 Å². The summed E-state index contributed by atoms with van der Waals surface area (Å²) in [4.78, 5) is 52.3. The molecule has 2 aromatic carbocycles. The topological polar surface area (TPSA) is 187 Å². The first-order chi connectivity index (χ1) is 17.1. The smallest absolute Gasteiger partial charge is 0.326 e. The van der Waals surface area contributed by atoms with Crippen molar-refractivity contribution in [3.63, 3.8) is 0 Å². The number of aromatic hydroxyl groups is 1. The van der Waals surface area contributed by atoms with Gasteiger partial charge in [0.05, 0.1) is 12.6 Å². The van der Waals surface area contributed by atoms with Crippen molar-refractivity contribution in [2.24, 2.45) is 5.73 Å². The third-order valence-corrected chi connectivity index (χ3v) is 5.58. The van der Waals surface area contributed by atoms with Crippen LogP contribution in [0.1, 0.15) is 18.1 Å². The van der Waals surface area contributed by atoms with Crippen molar-refractivity contribution < 1.29 is 29.4 Å². The van der Waals surface area contributed by atoms with Gasteiger partial charge in [-0.3, -0.25) is 14.4 Å². The lowest BCUT2D eigenvalue weighted by molar-refractivity contribution is -0.142. The molecule has 11 heteroatoms. The first-order valence-electron chi connectivity index (χ1n) is 11.3. The molecule has 3 unspecified atom stereocenters. The number of para-hydroxylation sites is 1. The Balaban J connectivity index is 1.75. The lowest BCUT2D eigenvalue weighted by atomic mass is 10.0. The minimum Gasteiger partial charge on any atom is -0.508 e. The summed E-state index contributed by atoms with van der Waals surface area (Å²) in [6.07, 6.45) is 1.75. The first kappa shape index (κ1) is 26.2. The van der Waals surface area contributed by atoms with Crippen molar-refractivity contribution in [2.75, 3.05) is 6.54 Å². The number of rotatable bonds is 11. The SMILES string of the molecule is CC(N)C(=O)NCC(=O)NC(Cc1ccc(O)cc1)C(=O)NC(Cc1c[nH]c2ccccc12)C(=O)O. The van der Waals surface area contributed by atoms with Gasteiger partial charge in [0.2, 0.25) is 17.7 Å². The zero-order valence-electron chi connectivity index (χ0n) is 19.7. The van der Waals surface area contributed by atoms with Gasteiger partial charge in [-0.1, -0.05) is 30.3 Å². The Bertz CT molecular complexity index is 1240. The fourth-order valence-corrected chi connectivity index (χ4v) is 3.64. The number of fused-ring (bicyclic) bond motifs is 1. The van der Waals surface area contributed by atoms with E-state index in [0.29, 0.717) is 5.56 Å². The van der Waals surface area contributed by atoms with Gasteiger partial charge in [0, 0.05) is 29.9 Å². The van der Waals surface area contributed by atoms with Crippen LogP contribution in [-0.4, -0.2) is 63.6 Å². The van der Waals surface area contributed by atoms with Gasteiger partial charge in [-0.2, -0.15) is 0 Å². The Morgan fingerprint density at radius 2 is 1.64 bits per heavy atom. The summed E-state index contributed by atoms with van der Waals surface area (Å²) in [5.41, 5.74) is 7.66. The Hall–Kier alpha value is -4.38. The molecule has 3 atom stereocenters. The van der Waals surface area contributed by atoms with Crippen molar-refractivity contribution in [1.29, 1.82) is 0 Å². The van der Waals surface area contributed by atoms with Gasteiger partial charge in [-0.05, 0) is 36.2 Å². The molecule has 1 heterocycles. The normalized spacial score (nSPS) is 13.4. The number of hydrogen-bond donors (Lipinski definition) is 7. The number of carboxylic acid groups (broad SMARTS) is 1. The molecule has 0 radical (unpaired) electrons. The molecule has 36 heavy (non-hydrogen) atoms. The fraction of sp³-hybridized carbons (Fsp3) is 0.280. The average Bonchev–Trinajstić information content (AvgIpc) is 3.25. The van der Waals surface area contributed by atoms with E-state index in [9.17, 15) is 29.4 Å². The summed E-state index contributed by atoms with van der Waals surface area (Å²) in [6.45, 7) is 1.06. The van der Waals surface area contributed by atoms with Crippen LogP contribution in [0.15, 0.2) is 54.7 Å². The Kier molecular flexibility index (Phi) is 8.63. The zero-order valence-corrected chi connectivity index (χ0v) is 19.7. The van der Waals surface area contributed by atoms with Crippen LogP contribution in [0.25, 0.3) is 10.9 Å². The number of nitrogens with one attached hydrogen (secondary N) is 4. The zero-order chi connectivity index (χ0) is 26.2. The molecule has 0 aliphatic rings. The van der Waals surface area contributed by atoms with E-state index in [4.69, 9.17) is 5.73 Å². The second-order valence-corrected chi connectivity index (χ2v) is 8.46. The maximum atomic E-state index is 13.1. The molecule has 11 nitrogen and oxygen atoms in total. The van der Waals surface area contributed by atoms with Gasteiger partial charge < -0.3 is 36.9 Å². The highest BCUT2D eigenvalue weighted by atomic mass is 16.4. The molecule has 3 amide bonds. The van der Waals surface area contributed by atoms with E-state index in [1.807, 2.05) is 24.3 Å². The lowest BCUT2D eigenvalue weighted by Crippen LogP contribution is -2.54. The Labute approximate surface area is 207 Å². The third kappa shape index (κ3) is 7.06. The minimum absolute atomic E-state index is 0.0232. The Morgan fingerprint density at radius 1 is 0.944 bits per heavy atom. The van der Waals surface area contributed by atoms with Crippen molar-refractivity contribution in [3.8, 4) is 5.75 Å². The van der Waals surface area contributed by atoms with Crippen LogP contribution in [0.3, 0.4) is 0 Å². The molecular weight excluding hydrogens is 466 g/mol. The van der Waals surface area contributed by atoms with Gasteiger partial charge >= 0.3 is 5.97 Å². The predicted molar refractivity (Wildman–Crippen MR) is 132 cm³/mol. The highest BCUT2D eigenvalue weighted by molar-refractivity contribution is 5.93. The maximum absolute atomic E-state index is 13.1. The van der Waals surface area contributed by atoms with E-state index in [1.54, 1.807) is 18.3 Å². The molecule has 0 saturated carbocycles. The van der Waals surface area contributed by atoms with Crippen molar-refractivity contribution >= 4 is 34.6 Å². The molecular formula is C25H29N5O6. The largest absolute Gasteiger partial charge is 0.508 e. The molecule has 0 aliphatic heterocycles. The van der Waals surface area contributed by atoms with E-state index < -0.39 is 48.4 Å². The average molecular weight is 496 g/mol. The highest BCUT2D eigenvalue weighted by Gasteiger charge is 2.28. The Morgan fingerprint density at radius 3 is 2.31 bits per heavy atom. The molecule has 190 valence electrons. The molecule has 1 aromatic heterocycles. The number of H-pyrrole nitrogens is 1. The summed E-state index contributed by atoms with van der Waals surface area (Å²) in [5.74, 6) is -3.08. The summed E-state index contributed by atoms with van der Waals surface area (Å²) in [6, 6.07) is 10.2. The summed E-state index contributed by atoms with van der Waals surface area (Å²) in [7, 11) is 0. The monoisotopic (exact) mass is 495 g/mol. The molecule has 8 N–H and O–H groups in total. The third-order valence-electron chi connectivity index (χ3n) is 5.58. The van der Waals surface area contributed by atoms with E-state index in [2.05, 4.69) is 20.9 Å². The van der Waals surface area contributed by atoms with Crippen molar-refractivity contribution in [1.82, 2.24) is 20.9 Å². The van der Waals surface area contributed by atoms with Crippen LogP contribution in [0, 0.1) is 0 Å². The number of amides is 3. The van der Waals surface area contributed by atoms with Crippen molar-refractivity contribution in [2.45, 2.75) is 37.9 Å². The van der Waals surface area contributed by atoms with E-state index in [0.717, 1.165) is 16.5 Å². The summed E-state index contributed by atoms with van der Waals surface area (Å²) in [5, 5.41) is 27.6. The molecule has 0 bridgehead atoms. The minimum atomic E-state index is -1.26. The number of nitrogens with two attached hydrogens (primary N) is 1. The molecule has 3 rings (SSSR count). The molecule has 0 fully saturated rings. The number of carbonyl (C=O) groups is 4. The quantitative estimate of drug-likeness (QED) is 0.198. The standard InChI is InChI=1S/C25H29N5O6/c1-14(26)23(33)28-13-22(32)29-20(10-15-6-8-17(31)9-7-15)24(34)30-21(25(35)36)11-16-12-27-19-5-3-2-4-18(16)19/h2-9,12,14,20-21,27,31H,10-11,13,26H2,1H3,(H,28,33)(H,29,32)(H,30,34)(H,35,36). The van der Waals surface area contributed by atoms with Crippen molar-refractivity contribution in [3.05, 3.63) is 65.9 Å². The number of carbonyl (C=O) groups excluding carboxylic acids is 3. The summed E-state index contributed by atoms with van der Waals surface area (Å²) >= 11 is 0. The van der Waals surface area contributed by atoms with Gasteiger partial charge in [-0.25, -0.2) is 4.79 Å². The second kappa shape index (κ2) is 11.8. The maximum Gasteiger partial charge on any atom is 0.326 e. The predicted octanol–water partition coefficient (Wildman–Crippen LogP) is 0.176. The van der Waals surface area contributed by atoms with Crippen LogP contribution >= 0.6 is 0 Å². The van der Waals surface area contributed by atoms with Crippen LogP contribution < -0.4 is 21.7 Å². The van der Waals surface area contributed by atoms with Gasteiger partial charge in [-0.15, -0.1) is 0 Å². The number of phenolic OH excluding ortho intramolecular Hbond substituents is 1. The highest BCUT2D eigenvalue weighted by Crippen LogP contribution is 2.19. The number of carboxylic acids is 1. The number of benzene rings is 2. The second-order valence-electron chi connectivity index (χ2n) is 8.46. The van der Waals surface area contributed by atoms with Gasteiger partial charge in [0.1, 0.15) is 17.8 Å².